The summed E-state index contributed by atoms with van der Waals surface area (Å²) in [5.41, 5.74) is 0.616. The van der Waals surface area contributed by atoms with Crippen molar-refractivity contribution in [2.75, 3.05) is 13.1 Å². The van der Waals surface area contributed by atoms with Crippen molar-refractivity contribution < 1.29 is 4.79 Å². The van der Waals surface area contributed by atoms with Crippen LogP contribution in [-0.2, 0) is 6.54 Å². The third-order valence-electron chi connectivity index (χ3n) is 2.75. The average molecular weight is 222 g/mol. The maximum Gasteiger partial charge on any atom is 0.196 e. The molecule has 1 aromatic heterocycles. The summed E-state index contributed by atoms with van der Waals surface area (Å²) in [5, 5.41) is 10.9. The Morgan fingerprint density at radius 3 is 3.12 bits per heavy atom. The van der Waals surface area contributed by atoms with E-state index in [1.54, 1.807) is 10.9 Å². The quantitative estimate of drug-likeness (QED) is 0.695. The van der Waals surface area contributed by atoms with Gasteiger partial charge in [-0.25, -0.2) is 4.68 Å². The van der Waals surface area contributed by atoms with Gasteiger partial charge in [0.2, 0.25) is 0 Å². The third-order valence-corrected chi connectivity index (χ3v) is 2.75. The molecule has 1 fully saturated rings. The molecule has 0 amide bonds. The van der Waals surface area contributed by atoms with E-state index in [-0.39, 0.29) is 5.78 Å². The highest BCUT2D eigenvalue weighted by Crippen LogP contribution is 2.27. The van der Waals surface area contributed by atoms with E-state index < -0.39 is 0 Å². The standard InChI is InChI=1S/C11H18N4O/c1-2-5-15-10(7-13-14-15)11(16)8-12-6-9-3-4-9/h7,9,12H,2-6,8H2,1H3. The van der Waals surface area contributed by atoms with E-state index in [1.165, 1.54) is 12.8 Å². The minimum Gasteiger partial charge on any atom is -0.309 e. The van der Waals surface area contributed by atoms with Gasteiger partial charge in [-0.05, 0) is 31.7 Å². The molecule has 0 saturated heterocycles. The van der Waals surface area contributed by atoms with Gasteiger partial charge in [-0.2, -0.15) is 0 Å². The summed E-state index contributed by atoms with van der Waals surface area (Å²) in [4.78, 5) is 11.8. The molecule has 0 unspecified atom stereocenters. The van der Waals surface area contributed by atoms with Crippen LogP contribution in [0, 0.1) is 5.92 Å². The highest BCUT2D eigenvalue weighted by molar-refractivity contribution is 5.95. The number of hydrogen-bond donors (Lipinski definition) is 1. The SMILES string of the molecule is CCCn1nncc1C(=O)CNCC1CC1. The van der Waals surface area contributed by atoms with E-state index in [9.17, 15) is 4.79 Å². The number of aromatic nitrogens is 3. The first kappa shape index (κ1) is 11.3. The van der Waals surface area contributed by atoms with Gasteiger partial charge in [-0.3, -0.25) is 4.79 Å². The van der Waals surface area contributed by atoms with Crippen LogP contribution in [0.15, 0.2) is 6.20 Å². The molecule has 2 rings (SSSR count). The number of carbonyl (C=O) groups excluding carboxylic acids is 1. The summed E-state index contributed by atoms with van der Waals surface area (Å²) < 4.78 is 1.68. The van der Waals surface area contributed by atoms with Crippen LogP contribution in [0.4, 0.5) is 0 Å². The normalized spacial score (nSPS) is 15.3. The second kappa shape index (κ2) is 5.21. The first-order chi connectivity index (χ1) is 7.81. The highest BCUT2D eigenvalue weighted by atomic mass is 16.1. The minimum absolute atomic E-state index is 0.0825. The van der Waals surface area contributed by atoms with E-state index >= 15 is 0 Å². The Balaban J connectivity index is 1.83. The van der Waals surface area contributed by atoms with Gasteiger partial charge in [0.15, 0.2) is 5.78 Å². The summed E-state index contributed by atoms with van der Waals surface area (Å²) >= 11 is 0. The molecule has 1 aliphatic rings. The molecule has 0 spiro atoms. The van der Waals surface area contributed by atoms with Gasteiger partial charge >= 0.3 is 0 Å². The van der Waals surface area contributed by atoms with Gasteiger partial charge < -0.3 is 5.32 Å². The Morgan fingerprint density at radius 2 is 2.44 bits per heavy atom. The maximum absolute atomic E-state index is 11.8. The van der Waals surface area contributed by atoms with Crippen molar-refractivity contribution >= 4 is 5.78 Å². The van der Waals surface area contributed by atoms with Crippen molar-refractivity contribution in [2.24, 2.45) is 5.92 Å². The topological polar surface area (TPSA) is 59.8 Å². The Labute approximate surface area is 95.2 Å². The molecule has 16 heavy (non-hydrogen) atoms. The lowest BCUT2D eigenvalue weighted by Gasteiger charge is -2.04. The van der Waals surface area contributed by atoms with Crippen molar-refractivity contribution in [3.05, 3.63) is 11.9 Å². The van der Waals surface area contributed by atoms with Gasteiger partial charge in [0.1, 0.15) is 5.69 Å². The molecule has 0 bridgehead atoms. The van der Waals surface area contributed by atoms with Crippen LogP contribution in [0.25, 0.3) is 0 Å². The number of Topliss-reactive ketones (excluding diaryl/α,β-unsaturated/α-hetero) is 1. The average Bonchev–Trinajstić information content (AvgIpc) is 2.97. The lowest BCUT2D eigenvalue weighted by Crippen LogP contribution is -2.26. The summed E-state index contributed by atoms with van der Waals surface area (Å²) in [5.74, 6) is 0.880. The first-order valence-electron chi connectivity index (χ1n) is 5.93. The molecule has 1 N–H and O–H groups in total. The molecule has 88 valence electrons. The van der Waals surface area contributed by atoms with Gasteiger partial charge in [-0.15, -0.1) is 5.10 Å². The zero-order valence-electron chi connectivity index (χ0n) is 9.65. The lowest BCUT2D eigenvalue weighted by atomic mass is 10.3. The fourth-order valence-electron chi connectivity index (χ4n) is 1.65. The van der Waals surface area contributed by atoms with E-state index in [4.69, 9.17) is 0 Å². The van der Waals surface area contributed by atoms with Crippen molar-refractivity contribution in [3.8, 4) is 0 Å². The second-order valence-electron chi connectivity index (χ2n) is 4.34. The van der Waals surface area contributed by atoms with Crippen LogP contribution in [0.3, 0.4) is 0 Å². The molecule has 0 radical (unpaired) electrons. The molecule has 1 heterocycles. The van der Waals surface area contributed by atoms with Crippen LogP contribution in [0.5, 0.6) is 0 Å². The molecular formula is C11H18N4O. The van der Waals surface area contributed by atoms with E-state index in [0.717, 1.165) is 25.4 Å². The van der Waals surface area contributed by atoms with Crippen LogP contribution in [0.1, 0.15) is 36.7 Å². The Morgan fingerprint density at radius 1 is 1.62 bits per heavy atom. The lowest BCUT2D eigenvalue weighted by molar-refractivity contribution is 0.0980. The van der Waals surface area contributed by atoms with Gasteiger partial charge in [0, 0.05) is 6.54 Å². The first-order valence-corrected chi connectivity index (χ1v) is 5.93. The Bertz CT molecular complexity index is 357. The predicted molar refractivity (Wildman–Crippen MR) is 60.2 cm³/mol. The van der Waals surface area contributed by atoms with Crippen LogP contribution in [-0.4, -0.2) is 33.9 Å². The second-order valence-corrected chi connectivity index (χ2v) is 4.34. The molecule has 1 saturated carbocycles. The Kier molecular flexibility index (Phi) is 3.66. The number of nitrogens with one attached hydrogen (secondary N) is 1. The monoisotopic (exact) mass is 222 g/mol. The molecule has 1 aliphatic carbocycles. The highest BCUT2D eigenvalue weighted by Gasteiger charge is 2.21. The summed E-state index contributed by atoms with van der Waals surface area (Å²) in [6, 6.07) is 0. The fraction of sp³-hybridized carbons (Fsp3) is 0.727. The summed E-state index contributed by atoms with van der Waals surface area (Å²) in [6.07, 6.45) is 5.11. The number of nitrogens with zero attached hydrogens (tertiary/aromatic N) is 3. The molecule has 5 nitrogen and oxygen atoms in total. The smallest absolute Gasteiger partial charge is 0.196 e. The third kappa shape index (κ3) is 2.88. The summed E-state index contributed by atoms with van der Waals surface area (Å²) in [6.45, 7) is 4.17. The number of carbonyl (C=O) groups is 1. The molecule has 1 aromatic rings. The molecule has 0 aromatic carbocycles. The fourth-order valence-corrected chi connectivity index (χ4v) is 1.65. The molecule has 0 atom stereocenters. The van der Waals surface area contributed by atoms with E-state index in [0.29, 0.717) is 12.2 Å². The van der Waals surface area contributed by atoms with Crippen molar-refractivity contribution in [2.45, 2.75) is 32.7 Å². The van der Waals surface area contributed by atoms with E-state index in [2.05, 4.69) is 22.6 Å². The van der Waals surface area contributed by atoms with Crippen molar-refractivity contribution in [3.63, 3.8) is 0 Å². The van der Waals surface area contributed by atoms with Gasteiger partial charge in [0.05, 0.1) is 12.7 Å². The zero-order chi connectivity index (χ0) is 11.4. The largest absolute Gasteiger partial charge is 0.309 e. The maximum atomic E-state index is 11.8. The Hall–Kier alpha value is -1.23. The van der Waals surface area contributed by atoms with Crippen molar-refractivity contribution in [1.82, 2.24) is 20.3 Å². The van der Waals surface area contributed by atoms with Gasteiger partial charge in [0.25, 0.3) is 0 Å². The molecular weight excluding hydrogens is 204 g/mol. The minimum atomic E-state index is 0.0825. The number of ketones is 1. The van der Waals surface area contributed by atoms with E-state index in [1.807, 2.05) is 0 Å². The summed E-state index contributed by atoms with van der Waals surface area (Å²) in [7, 11) is 0. The number of rotatable bonds is 7. The molecule has 5 heteroatoms. The molecule has 0 aliphatic heterocycles. The van der Waals surface area contributed by atoms with Gasteiger partial charge in [-0.1, -0.05) is 12.1 Å². The number of aryl methyl sites for hydroxylation is 1. The number of hydrogen-bond acceptors (Lipinski definition) is 4. The van der Waals surface area contributed by atoms with Crippen LogP contribution >= 0.6 is 0 Å². The predicted octanol–water partition coefficient (Wildman–Crippen LogP) is 0.870. The van der Waals surface area contributed by atoms with Crippen LogP contribution < -0.4 is 5.32 Å². The van der Waals surface area contributed by atoms with Crippen LogP contribution in [0.2, 0.25) is 0 Å². The van der Waals surface area contributed by atoms with Crippen molar-refractivity contribution in [1.29, 1.82) is 0 Å². The zero-order valence-corrected chi connectivity index (χ0v) is 9.65.